The molecule has 2 aromatic rings. The average molecular weight is 516 g/mol. The molecule has 0 saturated heterocycles. The molecule has 11 heteroatoms. The lowest BCUT2D eigenvalue weighted by atomic mass is 10.1. The van der Waals surface area contributed by atoms with Gasteiger partial charge in [-0.25, -0.2) is 4.79 Å². The highest BCUT2D eigenvalue weighted by molar-refractivity contribution is 6.39. The van der Waals surface area contributed by atoms with Crippen molar-refractivity contribution < 1.29 is 33.1 Å². The predicted octanol–water partition coefficient (Wildman–Crippen LogP) is 2.90. The molecule has 3 rings (SSSR count). The fraction of sp³-hybridized carbons (Fsp3) is 0.280. The van der Waals surface area contributed by atoms with Crippen LogP contribution in [0.1, 0.15) is 25.4 Å². The Hall–Kier alpha value is -3.89. The van der Waals surface area contributed by atoms with Crippen molar-refractivity contribution in [1.29, 1.82) is 0 Å². The van der Waals surface area contributed by atoms with E-state index < -0.39 is 17.8 Å². The number of hydrogen-bond acceptors (Lipinski definition) is 7. The van der Waals surface area contributed by atoms with Crippen molar-refractivity contribution >= 4 is 47.1 Å². The highest BCUT2D eigenvalue weighted by Crippen LogP contribution is 2.31. The lowest BCUT2D eigenvalue weighted by Crippen LogP contribution is -2.34. The number of allylic oxidation sites excluding steroid dienone is 1. The Morgan fingerprint density at radius 2 is 1.94 bits per heavy atom. The Balaban J connectivity index is 1.70. The number of rotatable bonds is 9. The molecule has 1 aliphatic rings. The van der Waals surface area contributed by atoms with Crippen molar-refractivity contribution in [2.45, 2.75) is 20.4 Å². The Bertz CT molecular complexity index is 1230. The number of amides is 3. The van der Waals surface area contributed by atoms with Crippen LogP contribution >= 0.6 is 11.6 Å². The molecule has 1 aromatic heterocycles. The summed E-state index contributed by atoms with van der Waals surface area (Å²) in [6.45, 7) is 4.00. The van der Waals surface area contributed by atoms with E-state index in [4.69, 9.17) is 25.5 Å². The minimum Gasteiger partial charge on any atom is -0.462 e. The van der Waals surface area contributed by atoms with Crippen LogP contribution in [0.4, 0.5) is 5.69 Å². The molecule has 36 heavy (non-hydrogen) atoms. The molecule has 0 aliphatic carbocycles. The number of carbonyl (C=O) groups is 4. The number of nitrogens with one attached hydrogen (secondary N) is 2. The van der Waals surface area contributed by atoms with Crippen LogP contribution < -0.4 is 10.6 Å². The molecular weight excluding hydrogens is 490 g/mol. The molecule has 190 valence electrons. The molecule has 0 atom stereocenters. The monoisotopic (exact) mass is 515 g/mol. The van der Waals surface area contributed by atoms with Crippen LogP contribution in [0.3, 0.4) is 0 Å². The Kier molecular flexibility index (Phi) is 9.04. The van der Waals surface area contributed by atoms with Gasteiger partial charge in [-0.2, -0.15) is 0 Å². The second kappa shape index (κ2) is 12.2. The largest absolute Gasteiger partial charge is 0.462 e. The third kappa shape index (κ3) is 6.41. The fourth-order valence-corrected chi connectivity index (χ4v) is 3.68. The number of furan rings is 1. The van der Waals surface area contributed by atoms with E-state index in [-0.39, 0.29) is 42.5 Å². The van der Waals surface area contributed by atoms with Gasteiger partial charge in [0.15, 0.2) is 0 Å². The molecule has 1 aliphatic heterocycles. The molecule has 10 nitrogen and oxygen atoms in total. The maximum atomic E-state index is 13.0. The number of carbonyl (C=O) groups excluding carboxylic acids is 4. The minimum absolute atomic E-state index is 0.0709. The Labute approximate surface area is 212 Å². The summed E-state index contributed by atoms with van der Waals surface area (Å²) in [5.74, 6) is -2.09. The van der Waals surface area contributed by atoms with E-state index in [2.05, 4.69) is 10.6 Å². The number of nitrogens with zero attached hydrogens (tertiary/aromatic N) is 1. The number of ether oxygens (including phenoxy) is 2. The van der Waals surface area contributed by atoms with Crippen molar-refractivity contribution in [2.24, 2.45) is 0 Å². The van der Waals surface area contributed by atoms with Crippen LogP contribution in [-0.4, -0.2) is 55.5 Å². The van der Waals surface area contributed by atoms with Crippen LogP contribution in [0.2, 0.25) is 5.02 Å². The summed E-state index contributed by atoms with van der Waals surface area (Å²) in [7, 11) is 1.52. The zero-order chi connectivity index (χ0) is 26.2. The molecule has 0 radical (unpaired) electrons. The van der Waals surface area contributed by atoms with Gasteiger partial charge in [-0.3, -0.25) is 14.4 Å². The van der Waals surface area contributed by atoms with E-state index >= 15 is 0 Å². The van der Waals surface area contributed by atoms with Crippen LogP contribution in [0.15, 0.2) is 57.7 Å². The second-order valence-electron chi connectivity index (χ2n) is 7.64. The van der Waals surface area contributed by atoms with Gasteiger partial charge in [0.25, 0.3) is 5.91 Å². The molecular formula is C25H26ClN3O7. The standard InChI is InChI=1S/C25H26ClN3O7/c1-4-35-25(33)21-15(2)29(10-11-34-3)24(32)20(21)13-18-8-9-19(36-18)14-27-22(30)23(31)28-17-7-5-6-16(26)12-17/h5-9,12-13H,4,10-11,14H2,1-3H3,(H,27,30)(H,28,31). The van der Waals surface area contributed by atoms with E-state index in [1.54, 1.807) is 44.2 Å². The number of esters is 1. The number of halogens is 1. The summed E-state index contributed by atoms with van der Waals surface area (Å²) in [6, 6.07) is 9.58. The smallest absolute Gasteiger partial charge is 0.340 e. The topological polar surface area (TPSA) is 127 Å². The van der Waals surface area contributed by atoms with Crippen LogP contribution in [-0.2, 0) is 35.2 Å². The fourth-order valence-electron chi connectivity index (χ4n) is 3.49. The molecule has 0 saturated carbocycles. The Morgan fingerprint density at radius 1 is 1.17 bits per heavy atom. The Morgan fingerprint density at radius 3 is 2.64 bits per heavy atom. The number of methoxy groups -OCH3 is 1. The number of benzene rings is 1. The van der Waals surface area contributed by atoms with Gasteiger partial charge < -0.3 is 29.4 Å². The van der Waals surface area contributed by atoms with Crippen molar-refractivity contribution in [2.75, 3.05) is 32.2 Å². The first kappa shape index (κ1) is 26.7. The van der Waals surface area contributed by atoms with Gasteiger partial charge in [0.2, 0.25) is 0 Å². The molecule has 2 N–H and O–H groups in total. The van der Waals surface area contributed by atoms with Gasteiger partial charge in [-0.1, -0.05) is 17.7 Å². The third-order valence-corrected chi connectivity index (χ3v) is 5.43. The average Bonchev–Trinajstić information content (AvgIpc) is 3.38. The van der Waals surface area contributed by atoms with Crippen LogP contribution in [0.5, 0.6) is 0 Å². The first-order chi connectivity index (χ1) is 17.2. The summed E-state index contributed by atoms with van der Waals surface area (Å²) >= 11 is 5.87. The number of hydrogen-bond donors (Lipinski definition) is 2. The van der Waals surface area contributed by atoms with E-state index in [9.17, 15) is 19.2 Å². The summed E-state index contributed by atoms with van der Waals surface area (Å²) in [5.41, 5.74) is 1.14. The van der Waals surface area contributed by atoms with Gasteiger partial charge in [0, 0.05) is 30.1 Å². The maximum absolute atomic E-state index is 13.0. The molecule has 3 amide bonds. The van der Waals surface area contributed by atoms with Crippen LogP contribution in [0.25, 0.3) is 6.08 Å². The van der Waals surface area contributed by atoms with Crippen molar-refractivity contribution in [3.63, 3.8) is 0 Å². The lowest BCUT2D eigenvalue weighted by Gasteiger charge is -2.16. The molecule has 2 heterocycles. The summed E-state index contributed by atoms with van der Waals surface area (Å²) in [5, 5.41) is 5.33. The highest BCUT2D eigenvalue weighted by atomic mass is 35.5. The normalized spacial score (nSPS) is 14.4. The predicted molar refractivity (Wildman–Crippen MR) is 132 cm³/mol. The minimum atomic E-state index is -0.866. The lowest BCUT2D eigenvalue weighted by molar-refractivity contribution is -0.138. The second-order valence-corrected chi connectivity index (χ2v) is 8.08. The quantitative estimate of drug-likeness (QED) is 0.298. The van der Waals surface area contributed by atoms with Gasteiger partial charge in [0.1, 0.15) is 11.5 Å². The van der Waals surface area contributed by atoms with E-state index in [0.29, 0.717) is 28.8 Å². The zero-order valence-corrected chi connectivity index (χ0v) is 20.8. The zero-order valence-electron chi connectivity index (χ0n) is 20.1. The first-order valence-corrected chi connectivity index (χ1v) is 11.5. The maximum Gasteiger partial charge on any atom is 0.340 e. The SMILES string of the molecule is CCOC(=O)C1=C(C)N(CCOC)C(=O)C1=Cc1ccc(CNC(=O)C(=O)Nc2cccc(Cl)c2)o1. The van der Waals surface area contributed by atoms with Gasteiger partial charge in [0.05, 0.1) is 30.9 Å². The molecule has 0 fully saturated rings. The van der Waals surface area contributed by atoms with Gasteiger partial charge in [-0.05, 0) is 50.3 Å². The van der Waals surface area contributed by atoms with Crippen molar-refractivity contribution in [3.8, 4) is 0 Å². The number of anilines is 1. The summed E-state index contributed by atoms with van der Waals surface area (Å²) in [4.78, 5) is 51.3. The van der Waals surface area contributed by atoms with E-state index in [1.165, 1.54) is 24.2 Å². The molecule has 0 unspecified atom stereocenters. The van der Waals surface area contributed by atoms with E-state index in [1.807, 2.05) is 0 Å². The van der Waals surface area contributed by atoms with Crippen molar-refractivity contribution in [3.05, 3.63) is 69.8 Å². The van der Waals surface area contributed by atoms with E-state index in [0.717, 1.165) is 0 Å². The first-order valence-electron chi connectivity index (χ1n) is 11.1. The summed E-state index contributed by atoms with van der Waals surface area (Å²) in [6.07, 6.45) is 1.45. The van der Waals surface area contributed by atoms with Gasteiger partial charge in [-0.15, -0.1) is 0 Å². The molecule has 0 spiro atoms. The van der Waals surface area contributed by atoms with Gasteiger partial charge >= 0.3 is 17.8 Å². The molecule has 0 bridgehead atoms. The summed E-state index contributed by atoms with van der Waals surface area (Å²) < 4.78 is 15.9. The van der Waals surface area contributed by atoms with Crippen LogP contribution in [0, 0.1) is 0 Å². The highest BCUT2D eigenvalue weighted by Gasteiger charge is 2.37. The van der Waals surface area contributed by atoms with Crippen molar-refractivity contribution in [1.82, 2.24) is 10.2 Å². The third-order valence-electron chi connectivity index (χ3n) is 5.19. The molecule has 1 aromatic carbocycles.